The number of hydrogen-bond acceptors (Lipinski definition) is 4. The predicted octanol–water partition coefficient (Wildman–Crippen LogP) is 1.21. The predicted molar refractivity (Wildman–Crippen MR) is 64.6 cm³/mol. The van der Waals surface area contributed by atoms with E-state index in [0.717, 1.165) is 0 Å². The molecule has 0 aromatic rings. The molecular weight excluding hydrogens is 222 g/mol. The zero-order valence-electron chi connectivity index (χ0n) is 11.4. The van der Waals surface area contributed by atoms with Crippen LogP contribution in [0.4, 0.5) is 0 Å². The Morgan fingerprint density at radius 3 is 2.18 bits per heavy atom. The van der Waals surface area contributed by atoms with Gasteiger partial charge in [0, 0.05) is 19.6 Å². The molecular formula is C12H23NO4. The van der Waals surface area contributed by atoms with Gasteiger partial charge in [-0.15, -0.1) is 0 Å². The van der Waals surface area contributed by atoms with Gasteiger partial charge in [-0.3, -0.25) is 9.59 Å². The number of esters is 1. The van der Waals surface area contributed by atoms with Gasteiger partial charge in [0.25, 0.3) is 0 Å². The van der Waals surface area contributed by atoms with E-state index in [0.29, 0.717) is 12.8 Å². The third-order valence-corrected chi connectivity index (χ3v) is 2.64. The SMILES string of the molecule is COC(=O)CN(C(=O)CCC(C)OC)C(C)C. The summed E-state index contributed by atoms with van der Waals surface area (Å²) < 4.78 is 9.65. The lowest BCUT2D eigenvalue weighted by Gasteiger charge is -2.26. The molecule has 5 nitrogen and oxygen atoms in total. The van der Waals surface area contributed by atoms with Crippen molar-refractivity contribution < 1.29 is 19.1 Å². The molecule has 0 bridgehead atoms. The third kappa shape index (κ3) is 6.26. The van der Waals surface area contributed by atoms with Gasteiger partial charge < -0.3 is 14.4 Å². The summed E-state index contributed by atoms with van der Waals surface area (Å²) in [6.45, 7) is 5.67. The van der Waals surface area contributed by atoms with Crippen LogP contribution in [0, 0.1) is 0 Å². The number of nitrogens with zero attached hydrogens (tertiary/aromatic N) is 1. The van der Waals surface area contributed by atoms with Crippen LogP contribution in [0.5, 0.6) is 0 Å². The number of amides is 1. The van der Waals surface area contributed by atoms with Gasteiger partial charge in [-0.05, 0) is 27.2 Å². The summed E-state index contributed by atoms with van der Waals surface area (Å²) in [7, 11) is 2.93. The topological polar surface area (TPSA) is 55.8 Å². The highest BCUT2D eigenvalue weighted by molar-refractivity contribution is 5.82. The second kappa shape index (κ2) is 8.06. The maximum atomic E-state index is 11.9. The largest absolute Gasteiger partial charge is 0.468 e. The lowest BCUT2D eigenvalue weighted by molar-refractivity contribution is -0.148. The first-order valence-electron chi connectivity index (χ1n) is 5.81. The van der Waals surface area contributed by atoms with Crippen molar-refractivity contribution >= 4 is 11.9 Å². The highest BCUT2D eigenvalue weighted by atomic mass is 16.5. The number of methoxy groups -OCH3 is 2. The number of carbonyl (C=O) groups is 2. The van der Waals surface area contributed by atoms with Crippen molar-refractivity contribution in [1.82, 2.24) is 4.90 Å². The normalized spacial score (nSPS) is 12.4. The van der Waals surface area contributed by atoms with E-state index >= 15 is 0 Å². The van der Waals surface area contributed by atoms with Gasteiger partial charge in [0.1, 0.15) is 6.54 Å². The van der Waals surface area contributed by atoms with Gasteiger partial charge in [0.05, 0.1) is 13.2 Å². The Morgan fingerprint density at radius 2 is 1.76 bits per heavy atom. The summed E-state index contributed by atoms with van der Waals surface area (Å²) in [5.74, 6) is -0.443. The Hall–Kier alpha value is -1.10. The Morgan fingerprint density at radius 1 is 1.18 bits per heavy atom. The molecule has 0 aliphatic rings. The van der Waals surface area contributed by atoms with Gasteiger partial charge >= 0.3 is 5.97 Å². The van der Waals surface area contributed by atoms with Crippen LogP contribution >= 0.6 is 0 Å². The molecule has 0 fully saturated rings. The fourth-order valence-corrected chi connectivity index (χ4v) is 1.35. The van der Waals surface area contributed by atoms with Crippen molar-refractivity contribution in [3.8, 4) is 0 Å². The maximum absolute atomic E-state index is 11.9. The molecule has 0 radical (unpaired) electrons. The summed E-state index contributed by atoms with van der Waals surface area (Å²) in [6, 6.07) is -0.0144. The lowest BCUT2D eigenvalue weighted by atomic mass is 10.2. The molecule has 5 heteroatoms. The minimum atomic E-state index is -0.396. The Kier molecular flexibility index (Phi) is 7.54. The van der Waals surface area contributed by atoms with Crippen LogP contribution in [0.1, 0.15) is 33.6 Å². The van der Waals surface area contributed by atoms with Gasteiger partial charge in [-0.2, -0.15) is 0 Å². The van der Waals surface area contributed by atoms with Crippen molar-refractivity contribution in [1.29, 1.82) is 0 Å². The third-order valence-electron chi connectivity index (χ3n) is 2.64. The molecule has 0 aromatic heterocycles. The van der Waals surface area contributed by atoms with Crippen molar-refractivity contribution in [3.05, 3.63) is 0 Å². The van der Waals surface area contributed by atoms with Crippen LogP contribution in [0.3, 0.4) is 0 Å². The van der Waals surface area contributed by atoms with Crippen molar-refractivity contribution in [2.75, 3.05) is 20.8 Å². The minimum absolute atomic E-state index is 0.00830. The molecule has 1 atom stereocenters. The molecule has 0 saturated heterocycles. The Balaban J connectivity index is 4.30. The molecule has 0 rings (SSSR count). The molecule has 0 N–H and O–H groups in total. The second-order valence-corrected chi connectivity index (χ2v) is 4.28. The summed E-state index contributed by atoms with van der Waals surface area (Å²) >= 11 is 0. The summed E-state index contributed by atoms with van der Waals surface area (Å²) in [5.41, 5.74) is 0. The highest BCUT2D eigenvalue weighted by Gasteiger charge is 2.20. The number of hydrogen-bond donors (Lipinski definition) is 0. The fraction of sp³-hybridized carbons (Fsp3) is 0.833. The summed E-state index contributed by atoms with van der Waals surface area (Å²) in [5, 5.41) is 0. The van der Waals surface area contributed by atoms with Crippen molar-refractivity contribution in [2.24, 2.45) is 0 Å². The van der Waals surface area contributed by atoms with Crippen LogP contribution in [-0.2, 0) is 19.1 Å². The summed E-state index contributed by atoms with van der Waals surface area (Å²) in [4.78, 5) is 24.6. The first kappa shape index (κ1) is 15.9. The van der Waals surface area contributed by atoms with E-state index in [-0.39, 0.29) is 24.6 Å². The molecule has 17 heavy (non-hydrogen) atoms. The number of ether oxygens (including phenoxy) is 2. The zero-order chi connectivity index (χ0) is 13.4. The monoisotopic (exact) mass is 245 g/mol. The van der Waals surface area contributed by atoms with E-state index in [9.17, 15) is 9.59 Å². The van der Waals surface area contributed by atoms with E-state index in [4.69, 9.17) is 4.74 Å². The molecule has 1 amide bonds. The van der Waals surface area contributed by atoms with E-state index in [2.05, 4.69) is 4.74 Å². The van der Waals surface area contributed by atoms with Gasteiger partial charge in [-0.25, -0.2) is 0 Å². The lowest BCUT2D eigenvalue weighted by Crippen LogP contribution is -2.41. The Bertz CT molecular complexity index is 253. The summed E-state index contributed by atoms with van der Waals surface area (Å²) in [6.07, 6.45) is 1.08. The molecule has 0 aliphatic heterocycles. The van der Waals surface area contributed by atoms with Crippen LogP contribution in [0.25, 0.3) is 0 Å². The molecule has 1 unspecified atom stereocenters. The first-order valence-corrected chi connectivity index (χ1v) is 5.81. The van der Waals surface area contributed by atoms with Crippen LogP contribution in [0.15, 0.2) is 0 Å². The molecule has 100 valence electrons. The van der Waals surface area contributed by atoms with Crippen LogP contribution in [-0.4, -0.2) is 49.7 Å². The quantitative estimate of drug-likeness (QED) is 0.633. The fourth-order valence-electron chi connectivity index (χ4n) is 1.35. The smallest absolute Gasteiger partial charge is 0.325 e. The average Bonchev–Trinajstić information content (AvgIpc) is 2.31. The zero-order valence-corrected chi connectivity index (χ0v) is 11.4. The highest BCUT2D eigenvalue weighted by Crippen LogP contribution is 2.07. The minimum Gasteiger partial charge on any atom is -0.468 e. The molecule has 0 heterocycles. The van der Waals surface area contributed by atoms with Crippen molar-refractivity contribution in [2.45, 2.75) is 45.8 Å². The van der Waals surface area contributed by atoms with Crippen LogP contribution in [0.2, 0.25) is 0 Å². The van der Waals surface area contributed by atoms with Gasteiger partial charge in [0.15, 0.2) is 0 Å². The first-order chi connectivity index (χ1) is 7.92. The second-order valence-electron chi connectivity index (χ2n) is 4.28. The number of carbonyl (C=O) groups excluding carboxylic acids is 2. The molecule has 0 aromatic carbocycles. The standard InChI is InChI=1S/C12H23NO4/c1-9(2)13(8-12(15)17-5)11(14)7-6-10(3)16-4/h9-10H,6-8H2,1-5H3. The maximum Gasteiger partial charge on any atom is 0.325 e. The van der Waals surface area contributed by atoms with Gasteiger partial charge in [0.2, 0.25) is 5.91 Å². The van der Waals surface area contributed by atoms with Crippen molar-refractivity contribution in [3.63, 3.8) is 0 Å². The van der Waals surface area contributed by atoms with E-state index in [1.165, 1.54) is 12.0 Å². The van der Waals surface area contributed by atoms with Gasteiger partial charge in [-0.1, -0.05) is 0 Å². The van der Waals surface area contributed by atoms with E-state index in [1.54, 1.807) is 7.11 Å². The molecule has 0 saturated carbocycles. The van der Waals surface area contributed by atoms with E-state index in [1.807, 2.05) is 20.8 Å². The average molecular weight is 245 g/mol. The number of rotatable bonds is 7. The Labute approximate surface area is 103 Å². The van der Waals surface area contributed by atoms with Crippen LogP contribution < -0.4 is 0 Å². The molecule has 0 aliphatic carbocycles. The molecule has 0 spiro atoms. The van der Waals surface area contributed by atoms with E-state index < -0.39 is 5.97 Å².